The van der Waals surface area contributed by atoms with E-state index < -0.39 is 0 Å². The van der Waals surface area contributed by atoms with Gasteiger partial charge in [-0.2, -0.15) is 0 Å². The smallest absolute Gasteiger partial charge is 0.124 e. The van der Waals surface area contributed by atoms with Gasteiger partial charge in [-0.05, 0) is 36.2 Å². The molecule has 0 bridgehead atoms. The highest BCUT2D eigenvalue weighted by Crippen LogP contribution is 2.15. The maximum absolute atomic E-state index is 13.6. The van der Waals surface area contributed by atoms with Crippen molar-refractivity contribution in [1.29, 1.82) is 0 Å². The molecular weight excluding hydrogens is 271 g/mol. The van der Waals surface area contributed by atoms with E-state index in [1.54, 1.807) is 6.07 Å². The van der Waals surface area contributed by atoms with Crippen molar-refractivity contribution in [3.63, 3.8) is 0 Å². The van der Waals surface area contributed by atoms with Crippen molar-refractivity contribution >= 4 is 17.2 Å². The van der Waals surface area contributed by atoms with Gasteiger partial charge in [0.2, 0.25) is 0 Å². The zero-order valence-corrected chi connectivity index (χ0v) is 13.5. The first kappa shape index (κ1) is 17.1. The Labute approximate surface area is 127 Å². The molecule has 0 aliphatic carbocycles. The fraction of sp³-hybridized carbons (Fsp3) is 0.562. The highest BCUT2D eigenvalue weighted by Gasteiger charge is 2.12. The van der Waals surface area contributed by atoms with Crippen LogP contribution in [0.15, 0.2) is 18.2 Å². The molecule has 0 heterocycles. The highest BCUT2D eigenvalue weighted by molar-refractivity contribution is 7.80. The third-order valence-corrected chi connectivity index (χ3v) is 4.00. The molecule has 0 atom stereocenters. The summed E-state index contributed by atoms with van der Waals surface area (Å²) in [6.07, 6.45) is 2.35. The third-order valence-electron chi connectivity index (χ3n) is 3.77. The lowest BCUT2D eigenvalue weighted by atomic mass is 10.0. The second kappa shape index (κ2) is 8.32. The Kier molecular flexibility index (Phi) is 7.10. The van der Waals surface area contributed by atoms with Crippen molar-refractivity contribution < 1.29 is 4.39 Å². The molecule has 1 aromatic rings. The number of thiocarbonyl (C=S) groups is 1. The molecule has 2 N–H and O–H groups in total. The highest BCUT2D eigenvalue weighted by atomic mass is 32.1. The minimum atomic E-state index is -0.274. The lowest BCUT2D eigenvalue weighted by Crippen LogP contribution is -2.29. The number of nitrogens with zero attached hydrogens (tertiary/aromatic N) is 1. The van der Waals surface area contributed by atoms with Gasteiger partial charge in [0.05, 0.1) is 0 Å². The van der Waals surface area contributed by atoms with Gasteiger partial charge < -0.3 is 5.73 Å². The van der Waals surface area contributed by atoms with Crippen LogP contribution in [0.25, 0.3) is 0 Å². The van der Waals surface area contributed by atoms with Crippen LogP contribution in [-0.4, -0.2) is 23.0 Å². The van der Waals surface area contributed by atoms with Gasteiger partial charge in [0, 0.05) is 18.7 Å². The Bertz CT molecular complexity index is 444. The van der Waals surface area contributed by atoms with Crippen LogP contribution in [0.2, 0.25) is 0 Å². The third kappa shape index (κ3) is 5.17. The fourth-order valence-electron chi connectivity index (χ4n) is 2.36. The van der Waals surface area contributed by atoms with Crippen LogP contribution < -0.4 is 5.73 Å². The van der Waals surface area contributed by atoms with Crippen molar-refractivity contribution in [2.24, 2.45) is 11.7 Å². The molecule has 4 heteroatoms. The van der Waals surface area contributed by atoms with Crippen LogP contribution in [0.3, 0.4) is 0 Å². The molecule has 1 aromatic carbocycles. The van der Waals surface area contributed by atoms with E-state index in [9.17, 15) is 4.39 Å². The number of halogens is 1. The zero-order valence-electron chi connectivity index (χ0n) is 12.7. The molecule has 0 fully saturated rings. The van der Waals surface area contributed by atoms with Gasteiger partial charge in [-0.15, -0.1) is 0 Å². The topological polar surface area (TPSA) is 29.3 Å². The maximum atomic E-state index is 13.6. The Balaban J connectivity index is 2.81. The minimum absolute atomic E-state index is 0.244. The second-order valence-corrected chi connectivity index (χ2v) is 5.66. The second-order valence-electron chi connectivity index (χ2n) is 5.22. The van der Waals surface area contributed by atoms with Crippen molar-refractivity contribution in [3.05, 3.63) is 35.1 Å². The molecule has 20 heavy (non-hydrogen) atoms. The molecule has 0 saturated carbocycles. The maximum Gasteiger partial charge on any atom is 0.124 e. The predicted molar refractivity (Wildman–Crippen MR) is 87.3 cm³/mol. The van der Waals surface area contributed by atoms with Gasteiger partial charge in [-0.3, -0.25) is 4.90 Å². The van der Waals surface area contributed by atoms with Crippen molar-refractivity contribution in [2.75, 3.05) is 13.1 Å². The molecule has 1 rings (SSSR count). The molecule has 0 saturated heterocycles. The molecule has 0 aliphatic rings. The summed E-state index contributed by atoms with van der Waals surface area (Å²) in [7, 11) is 0. The normalized spacial score (nSPS) is 11.3. The summed E-state index contributed by atoms with van der Waals surface area (Å²) < 4.78 is 13.6. The van der Waals surface area contributed by atoms with Crippen LogP contribution in [0.4, 0.5) is 4.39 Å². The Morgan fingerprint density at radius 3 is 2.40 bits per heavy atom. The summed E-state index contributed by atoms with van der Waals surface area (Å²) in [5.74, 6) is 0.419. The van der Waals surface area contributed by atoms with Gasteiger partial charge in [0.15, 0.2) is 0 Å². The number of hydrogen-bond donors (Lipinski definition) is 1. The molecular formula is C16H25FN2S. The summed E-state index contributed by atoms with van der Waals surface area (Å²) in [4.78, 5) is 2.59. The summed E-state index contributed by atoms with van der Waals surface area (Å²) in [6.45, 7) is 9.30. The monoisotopic (exact) mass is 296 g/mol. The van der Waals surface area contributed by atoms with E-state index >= 15 is 0 Å². The van der Waals surface area contributed by atoms with Gasteiger partial charge in [-0.1, -0.05) is 45.8 Å². The van der Waals surface area contributed by atoms with E-state index in [0.29, 0.717) is 11.5 Å². The molecule has 0 spiro atoms. The summed E-state index contributed by atoms with van der Waals surface area (Å²) in [5.41, 5.74) is 7.13. The van der Waals surface area contributed by atoms with Gasteiger partial charge in [-0.25, -0.2) is 4.39 Å². The minimum Gasteiger partial charge on any atom is -0.389 e. The van der Waals surface area contributed by atoms with Gasteiger partial charge >= 0.3 is 0 Å². The quantitative estimate of drug-likeness (QED) is 0.741. The molecule has 2 nitrogen and oxygen atoms in total. The lowest BCUT2D eigenvalue weighted by Gasteiger charge is -2.25. The molecule has 0 unspecified atom stereocenters. The van der Waals surface area contributed by atoms with E-state index in [0.717, 1.165) is 25.2 Å². The molecule has 112 valence electrons. The molecule has 0 amide bonds. The van der Waals surface area contributed by atoms with Crippen molar-refractivity contribution in [2.45, 2.75) is 40.2 Å². The Hall–Kier alpha value is -1.00. The first-order valence-corrected chi connectivity index (χ1v) is 7.72. The number of nitrogens with two attached hydrogens (primary N) is 1. The van der Waals surface area contributed by atoms with Crippen LogP contribution in [0.5, 0.6) is 0 Å². The average Bonchev–Trinajstić information content (AvgIpc) is 2.42. The first-order valence-electron chi connectivity index (χ1n) is 7.31. The zero-order chi connectivity index (χ0) is 15.1. The summed E-state index contributed by atoms with van der Waals surface area (Å²) >= 11 is 4.93. The summed E-state index contributed by atoms with van der Waals surface area (Å²) in [6, 6.07) is 4.85. The standard InChI is InChI=1S/C16H25FN2S/c1-4-12(5-2)10-19(6-3)11-13-7-14(16(18)20)9-15(17)8-13/h7-9,12H,4-6,10-11H2,1-3H3,(H2,18,20). The van der Waals surface area contributed by atoms with Crippen LogP contribution in [0.1, 0.15) is 44.7 Å². The largest absolute Gasteiger partial charge is 0.389 e. The van der Waals surface area contributed by atoms with E-state index in [4.69, 9.17) is 18.0 Å². The van der Waals surface area contributed by atoms with E-state index in [1.807, 2.05) is 6.07 Å². The average molecular weight is 296 g/mol. The number of benzene rings is 1. The van der Waals surface area contributed by atoms with Crippen LogP contribution in [0, 0.1) is 11.7 Å². The van der Waals surface area contributed by atoms with Crippen LogP contribution in [-0.2, 0) is 6.54 Å². The first-order chi connectivity index (χ1) is 9.49. The fourth-order valence-corrected chi connectivity index (χ4v) is 2.48. The molecule has 0 aromatic heterocycles. The Morgan fingerprint density at radius 2 is 1.90 bits per heavy atom. The SMILES string of the molecule is CCC(CC)CN(CC)Cc1cc(F)cc(C(N)=S)c1. The van der Waals surface area contributed by atoms with Crippen molar-refractivity contribution in [1.82, 2.24) is 4.90 Å². The molecule has 0 radical (unpaired) electrons. The van der Waals surface area contributed by atoms with Gasteiger partial charge in [0.1, 0.15) is 10.8 Å². The van der Waals surface area contributed by atoms with E-state index in [1.165, 1.54) is 18.9 Å². The summed E-state index contributed by atoms with van der Waals surface area (Å²) in [5, 5.41) is 0. The Morgan fingerprint density at radius 1 is 1.25 bits per heavy atom. The van der Waals surface area contributed by atoms with E-state index in [-0.39, 0.29) is 10.8 Å². The van der Waals surface area contributed by atoms with Crippen molar-refractivity contribution in [3.8, 4) is 0 Å². The molecule has 0 aliphatic heterocycles. The lowest BCUT2D eigenvalue weighted by molar-refractivity contribution is 0.226. The predicted octanol–water partition coefficient (Wildman–Crippen LogP) is 3.72. The number of hydrogen-bond acceptors (Lipinski definition) is 2. The number of rotatable bonds is 8. The van der Waals surface area contributed by atoms with E-state index in [2.05, 4.69) is 25.7 Å². The van der Waals surface area contributed by atoms with Gasteiger partial charge in [0.25, 0.3) is 0 Å². The van der Waals surface area contributed by atoms with Crippen LogP contribution >= 0.6 is 12.2 Å².